The quantitative estimate of drug-likeness (QED) is 0.875. The molecule has 0 radical (unpaired) electrons. The van der Waals surface area contributed by atoms with Crippen molar-refractivity contribution in [3.05, 3.63) is 57.3 Å². The molecule has 1 atom stereocenters. The summed E-state index contributed by atoms with van der Waals surface area (Å²) in [6, 6.07) is 10.3. The minimum atomic E-state index is -0.287. The van der Waals surface area contributed by atoms with Crippen molar-refractivity contribution in [1.82, 2.24) is 5.32 Å². The fraction of sp³-hybridized carbons (Fsp3) is 0.353. The second-order valence-corrected chi connectivity index (χ2v) is 6.31. The van der Waals surface area contributed by atoms with E-state index in [1.165, 1.54) is 42.4 Å². The van der Waals surface area contributed by atoms with E-state index in [4.69, 9.17) is 4.74 Å². The first-order chi connectivity index (χ1) is 10.3. The molecule has 1 unspecified atom stereocenters. The summed E-state index contributed by atoms with van der Waals surface area (Å²) in [5.74, 6) is -0.287. The van der Waals surface area contributed by atoms with Crippen molar-refractivity contribution in [1.29, 1.82) is 0 Å². The van der Waals surface area contributed by atoms with Crippen LogP contribution < -0.4 is 5.32 Å². The maximum atomic E-state index is 11.4. The van der Waals surface area contributed by atoms with E-state index in [0.717, 1.165) is 6.54 Å². The van der Waals surface area contributed by atoms with Gasteiger partial charge in [0.1, 0.15) is 0 Å². The molecule has 0 aliphatic heterocycles. The van der Waals surface area contributed by atoms with Crippen LogP contribution >= 0.6 is 11.3 Å². The molecule has 1 heterocycles. The van der Waals surface area contributed by atoms with E-state index in [-0.39, 0.29) is 5.97 Å². The molecule has 1 aliphatic carbocycles. The lowest BCUT2D eigenvalue weighted by Crippen LogP contribution is -2.23. The van der Waals surface area contributed by atoms with Crippen LogP contribution in [0.15, 0.2) is 35.7 Å². The van der Waals surface area contributed by atoms with Crippen LogP contribution in [0.3, 0.4) is 0 Å². The molecule has 0 spiro atoms. The van der Waals surface area contributed by atoms with Crippen LogP contribution in [0.1, 0.15) is 45.2 Å². The standard InChI is InChI=1S/C17H19NO2S/c1-20-17(19)13-7-5-12(6-8-13)11-18-15-3-2-4-16-14(15)9-10-21-16/h5-10,15,18H,2-4,11H2,1H3. The van der Waals surface area contributed by atoms with Gasteiger partial charge in [-0.2, -0.15) is 0 Å². The van der Waals surface area contributed by atoms with Crippen molar-refractivity contribution < 1.29 is 9.53 Å². The van der Waals surface area contributed by atoms with Gasteiger partial charge in [0.25, 0.3) is 0 Å². The number of carbonyl (C=O) groups excluding carboxylic acids is 1. The number of benzene rings is 1. The highest BCUT2D eigenvalue weighted by molar-refractivity contribution is 7.10. The summed E-state index contributed by atoms with van der Waals surface area (Å²) in [6.07, 6.45) is 3.68. The Morgan fingerprint density at radius 1 is 1.33 bits per heavy atom. The Labute approximate surface area is 129 Å². The lowest BCUT2D eigenvalue weighted by Gasteiger charge is -2.23. The molecule has 0 saturated heterocycles. The van der Waals surface area contributed by atoms with Gasteiger partial charge in [0.15, 0.2) is 0 Å². The number of thiophene rings is 1. The number of rotatable bonds is 4. The number of hydrogen-bond acceptors (Lipinski definition) is 4. The van der Waals surface area contributed by atoms with Gasteiger partial charge in [0.2, 0.25) is 0 Å². The van der Waals surface area contributed by atoms with E-state index in [1.54, 1.807) is 0 Å². The van der Waals surface area contributed by atoms with Crippen molar-refractivity contribution >= 4 is 17.3 Å². The molecule has 1 aromatic heterocycles. The predicted molar refractivity (Wildman–Crippen MR) is 84.6 cm³/mol. The van der Waals surface area contributed by atoms with Gasteiger partial charge in [-0.15, -0.1) is 11.3 Å². The summed E-state index contributed by atoms with van der Waals surface area (Å²) in [6.45, 7) is 0.821. The van der Waals surface area contributed by atoms with Gasteiger partial charge in [0, 0.05) is 17.5 Å². The van der Waals surface area contributed by atoms with Gasteiger partial charge >= 0.3 is 5.97 Å². The Morgan fingerprint density at radius 3 is 2.90 bits per heavy atom. The number of nitrogens with one attached hydrogen (secondary N) is 1. The van der Waals surface area contributed by atoms with E-state index >= 15 is 0 Å². The number of hydrogen-bond donors (Lipinski definition) is 1. The fourth-order valence-corrected chi connectivity index (χ4v) is 3.80. The minimum Gasteiger partial charge on any atom is -0.465 e. The molecule has 3 nitrogen and oxygen atoms in total. The van der Waals surface area contributed by atoms with Crippen LogP contribution in [0.4, 0.5) is 0 Å². The van der Waals surface area contributed by atoms with Crippen LogP contribution in [0, 0.1) is 0 Å². The predicted octanol–water partition coefficient (Wildman–Crippen LogP) is 3.70. The highest BCUT2D eigenvalue weighted by Crippen LogP contribution is 2.33. The topological polar surface area (TPSA) is 38.3 Å². The van der Waals surface area contributed by atoms with E-state index in [2.05, 4.69) is 16.8 Å². The monoisotopic (exact) mass is 301 g/mol. The van der Waals surface area contributed by atoms with E-state index in [0.29, 0.717) is 11.6 Å². The van der Waals surface area contributed by atoms with Crippen molar-refractivity contribution in [3.63, 3.8) is 0 Å². The van der Waals surface area contributed by atoms with Crippen molar-refractivity contribution in [2.24, 2.45) is 0 Å². The van der Waals surface area contributed by atoms with Crippen LogP contribution in [0.25, 0.3) is 0 Å². The maximum absolute atomic E-state index is 11.4. The summed E-state index contributed by atoms with van der Waals surface area (Å²) < 4.78 is 4.71. The molecular weight excluding hydrogens is 282 g/mol. The Kier molecular flexibility index (Phi) is 4.36. The number of carbonyl (C=O) groups is 1. The average molecular weight is 301 g/mol. The maximum Gasteiger partial charge on any atom is 0.337 e. The molecule has 4 heteroatoms. The van der Waals surface area contributed by atoms with Crippen LogP contribution in [-0.4, -0.2) is 13.1 Å². The Balaban J connectivity index is 1.62. The Hall–Kier alpha value is -1.65. The number of ether oxygens (including phenoxy) is 1. The first-order valence-corrected chi connectivity index (χ1v) is 8.13. The first-order valence-electron chi connectivity index (χ1n) is 7.25. The molecule has 21 heavy (non-hydrogen) atoms. The molecule has 3 rings (SSSR count). The largest absolute Gasteiger partial charge is 0.465 e. The highest BCUT2D eigenvalue weighted by Gasteiger charge is 2.20. The second-order valence-electron chi connectivity index (χ2n) is 5.31. The third kappa shape index (κ3) is 3.17. The zero-order valence-corrected chi connectivity index (χ0v) is 12.9. The van der Waals surface area contributed by atoms with E-state index < -0.39 is 0 Å². The zero-order valence-electron chi connectivity index (χ0n) is 12.1. The average Bonchev–Trinajstić information content (AvgIpc) is 3.02. The van der Waals surface area contributed by atoms with Crippen molar-refractivity contribution in [2.75, 3.05) is 7.11 Å². The van der Waals surface area contributed by atoms with Gasteiger partial charge in [0.05, 0.1) is 12.7 Å². The molecule has 1 aliphatic rings. The smallest absolute Gasteiger partial charge is 0.337 e. The second kappa shape index (κ2) is 6.41. The van der Waals surface area contributed by atoms with Gasteiger partial charge < -0.3 is 10.1 Å². The van der Waals surface area contributed by atoms with Gasteiger partial charge in [-0.05, 0) is 54.0 Å². The molecule has 0 fully saturated rings. The molecule has 1 aromatic carbocycles. The third-order valence-corrected chi connectivity index (χ3v) is 4.98. The van der Waals surface area contributed by atoms with Crippen molar-refractivity contribution in [3.8, 4) is 0 Å². The molecule has 2 aromatic rings. The molecule has 0 amide bonds. The summed E-state index contributed by atoms with van der Waals surface area (Å²) in [4.78, 5) is 12.9. The summed E-state index contributed by atoms with van der Waals surface area (Å²) in [5.41, 5.74) is 3.25. The van der Waals surface area contributed by atoms with Gasteiger partial charge in [-0.25, -0.2) is 4.79 Å². The lowest BCUT2D eigenvalue weighted by atomic mass is 9.94. The number of aryl methyl sites for hydroxylation is 1. The molecule has 0 bridgehead atoms. The first kappa shape index (κ1) is 14.3. The molecule has 0 saturated carbocycles. The molecular formula is C17H19NO2S. The molecule has 1 N–H and O–H groups in total. The Morgan fingerprint density at radius 2 is 2.14 bits per heavy atom. The number of esters is 1. The van der Waals surface area contributed by atoms with Crippen LogP contribution in [0.2, 0.25) is 0 Å². The number of fused-ring (bicyclic) bond motifs is 1. The van der Waals surface area contributed by atoms with Gasteiger partial charge in [-0.3, -0.25) is 0 Å². The molecule has 110 valence electrons. The summed E-state index contributed by atoms with van der Waals surface area (Å²) in [7, 11) is 1.40. The number of methoxy groups -OCH3 is 1. The zero-order chi connectivity index (χ0) is 14.7. The minimum absolute atomic E-state index is 0.287. The summed E-state index contributed by atoms with van der Waals surface area (Å²) >= 11 is 1.87. The van der Waals surface area contributed by atoms with Crippen LogP contribution in [-0.2, 0) is 17.7 Å². The van der Waals surface area contributed by atoms with Crippen molar-refractivity contribution in [2.45, 2.75) is 31.8 Å². The van der Waals surface area contributed by atoms with E-state index in [1.807, 2.05) is 35.6 Å². The third-order valence-electron chi connectivity index (χ3n) is 3.98. The SMILES string of the molecule is COC(=O)c1ccc(CNC2CCCc3sccc32)cc1. The Bertz CT molecular complexity index is 618. The van der Waals surface area contributed by atoms with Crippen LogP contribution in [0.5, 0.6) is 0 Å². The van der Waals surface area contributed by atoms with E-state index in [9.17, 15) is 4.79 Å². The highest BCUT2D eigenvalue weighted by atomic mass is 32.1. The summed E-state index contributed by atoms with van der Waals surface area (Å²) in [5, 5.41) is 5.82. The normalized spacial score (nSPS) is 17.3. The lowest BCUT2D eigenvalue weighted by molar-refractivity contribution is 0.0600. The fourth-order valence-electron chi connectivity index (χ4n) is 2.82. The van der Waals surface area contributed by atoms with Gasteiger partial charge in [-0.1, -0.05) is 12.1 Å².